The molecule has 0 spiro atoms. The summed E-state index contributed by atoms with van der Waals surface area (Å²) in [7, 11) is -3.93. The largest absolute Gasteiger partial charge is 0.492 e. The highest BCUT2D eigenvalue weighted by Crippen LogP contribution is 2.26. The van der Waals surface area contributed by atoms with Crippen LogP contribution in [0.15, 0.2) is 82.2 Å². The zero-order valence-corrected chi connectivity index (χ0v) is 20.3. The molecular weight excluding hydrogens is 492 g/mol. The van der Waals surface area contributed by atoms with Crippen molar-refractivity contribution in [3.05, 3.63) is 88.4 Å². The van der Waals surface area contributed by atoms with Crippen molar-refractivity contribution in [1.29, 1.82) is 0 Å². The van der Waals surface area contributed by atoms with Crippen LogP contribution in [0.2, 0.25) is 0 Å². The third kappa shape index (κ3) is 6.11. The Morgan fingerprint density at radius 3 is 2.41 bits per heavy atom. The average Bonchev–Trinajstić information content (AvgIpc) is 2.78. The second-order valence-corrected chi connectivity index (χ2v) is 10.0. The number of anilines is 1. The number of hydrogen-bond donors (Lipinski definition) is 1. The maximum Gasteiger partial charge on any atom is 0.264 e. The topological polar surface area (TPSA) is 75.7 Å². The number of ether oxygens (including phenoxy) is 1. The standard InChI is InChI=1S/C24H25BrN2O4S/c1-18-11-12-22(15-19(18)2)31-14-13-26-24(28)17-27(21-8-6-7-20(25)16-21)32(29,30)23-9-4-3-5-10-23/h3-12,15-16H,13-14,17H2,1-2H3,(H,26,28). The fourth-order valence-electron chi connectivity index (χ4n) is 3.02. The Bertz CT molecular complexity index is 1180. The molecule has 0 saturated heterocycles. The molecule has 168 valence electrons. The first-order chi connectivity index (χ1) is 15.3. The number of nitrogens with zero attached hydrogens (tertiary/aromatic N) is 1. The van der Waals surface area contributed by atoms with Crippen LogP contribution < -0.4 is 14.4 Å². The van der Waals surface area contributed by atoms with Gasteiger partial charge in [0.05, 0.1) is 17.1 Å². The molecule has 0 saturated carbocycles. The van der Waals surface area contributed by atoms with Crippen molar-refractivity contribution in [3.63, 3.8) is 0 Å². The van der Waals surface area contributed by atoms with Crippen LogP contribution in [-0.4, -0.2) is 34.0 Å². The summed E-state index contributed by atoms with van der Waals surface area (Å²) in [5, 5.41) is 2.74. The number of amides is 1. The molecule has 3 aromatic rings. The van der Waals surface area contributed by atoms with E-state index in [2.05, 4.69) is 21.2 Å². The number of aryl methyl sites for hydroxylation is 2. The lowest BCUT2D eigenvalue weighted by Gasteiger charge is -2.24. The Morgan fingerprint density at radius 1 is 0.969 bits per heavy atom. The van der Waals surface area contributed by atoms with Gasteiger partial charge in [0.1, 0.15) is 18.9 Å². The van der Waals surface area contributed by atoms with Gasteiger partial charge in [0, 0.05) is 4.47 Å². The van der Waals surface area contributed by atoms with Gasteiger partial charge in [0.15, 0.2) is 0 Å². The van der Waals surface area contributed by atoms with Crippen molar-refractivity contribution in [2.75, 3.05) is 24.0 Å². The Kier molecular flexibility index (Phi) is 7.93. The number of carbonyl (C=O) groups is 1. The molecule has 0 aliphatic rings. The van der Waals surface area contributed by atoms with Crippen LogP contribution in [0.5, 0.6) is 5.75 Å². The molecule has 0 heterocycles. The minimum atomic E-state index is -3.93. The van der Waals surface area contributed by atoms with Gasteiger partial charge in [0.2, 0.25) is 5.91 Å². The minimum Gasteiger partial charge on any atom is -0.492 e. The monoisotopic (exact) mass is 516 g/mol. The highest BCUT2D eigenvalue weighted by molar-refractivity contribution is 9.10. The van der Waals surface area contributed by atoms with Crippen molar-refractivity contribution in [1.82, 2.24) is 5.32 Å². The van der Waals surface area contributed by atoms with E-state index in [0.29, 0.717) is 10.2 Å². The molecule has 0 radical (unpaired) electrons. The van der Waals surface area contributed by atoms with Crippen LogP contribution in [0.25, 0.3) is 0 Å². The van der Waals surface area contributed by atoms with E-state index in [1.165, 1.54) is 17.7 Å². The van der Waals surface area contributed by atoms with Gasteiger partial charge in [-0.05, 0) is 67.4 Å². The first kappa shape index (κ1) is 23.8. The first-order valence-electron chi connectivity index (χ1n) is 10.1. The molecule has 0 fully saturated rings. The lowest BCUT2D eigenvalue weighted by atomic mass is 10.1. The van der Waals surface area contributed by atoms with E-state index in [0.717, 1.165) is 15.6 Å². The molecule has 3 rings (SSSR count). The summed E-state index contributed by atoms with van der Waals surface area (Å²) in [6.45, 7) is 4.21. The number of rotatable bonds is 9. The van der Waals surface area contributed by atoms with Crippen LogP contribution >= 0.6 is 15.9 Å². The highest BCUT2D eigenvalue weighted by Gasteiger charge is 2.27. The summed E-state index contributed by atoms with van der Waals surface area (Å²) in [5.74, 6) is 0.304. The highest BCUT2D eigenvalue weighted by atomic mass is 79.9. The van der Waals surface area contributed by atoms with Crippen molar-refractivity contribution in [2.45, 2.75) is 18.7 Å². The zero-order valence-electron chi connectivity index (χ0n) is 17.9. The van der Waals surface area contributed by atoms with E-state index in [4.69, 9.17) is 4.74 Å². The van der Waals surface area contributed by atoms with Gasteiger partial charge in [-0.1, -0.05) is 46.3 Å². The normalized spacial score (nSPS) is 11.1. The quantitative estimate of drug-likeness (QED) is 0.426. The third-order valence-electron chi connectivity index (χ3n) is 4.89. The summed E-state index contributed by atoms with van der Waals surface area (Å²) in [6, 6.07) is 20.7. The van der Waals surface area contributed by atoms with Gasteiger partial charge in [-0.25, -0.2) is 8.42 Å². The number of sulfonamides is 1. The van der Waals surface area contributed by atoms with Gasteiger partial charge in [0.25, 0.3) is 10.0 Å². The molecule has 0 aliphatic heterocycles. The molecule has 0 atom stereocenters. The molecule has 3 aromatic carbocycles. The van der Waals surface area contributed by atoms with E-state index in [1.807, 2.05) is 32.0 Å². The molecular formula is C24H25BrN2O4S. The molecule has 0 unspecified atom stereocenters. The molecule has 1 amide bonds. The van der Waals surface area contributed by atoms with Gasteiger partial charge >= 0.3 is 0 Å². The van der Waals surface area contributed by atoms with Gasteiger partial charge in [-0.2, -0.15) is 0 Å². The van der Waals surface area contributed by atoms with E-state index in [1.54, 1.807) is 42.5 Å². The maximum atomic E-state index is 13.3. The van der Waals surface area contributed by atoms with Crippen LogP contribution in [-0.2, 0) is 14.8 Å². The van der Waals surface area contributed by atoms with E-state index >= 15 is 0 Å². The smallest absolute Gasteiger partial charge is 0.264 e. The number of carbonyl (C=O) groups excluding carboxylic acids is 1. The van der Waals surface area contributed by atoms with Crippen molar-refractivity contribution in [2.24, 2.45) is 0 Å². The molecule has 0 aliphatic carbocycles. The minimum absolute atomic E-state index is 0.117. The molecule has 0 aromatic heterocycles. The fourth-order valence-corrected chi connectivity index (χ4v) is 4.84. The average molecular weight is 517 g/mol. The maximum absolute atomic E-state index is 13.3. The summed E-state index contributed by atoms with van der Waals surface area (Å²) < 4.78 is 34.0. The third-order valence-corrected chi connectivity index (χ3v) is 7.17. The molecule has 1 N–H and O–H groups in total. The Hall–Kier alpha value is -2.84. The fraction of sp³-hybridized carbons (Fsp3) is 0.208. The summed E-state index contributed by atoms with van der Waals surface area (Å²) in [6.07, 6.45) is 0. The van der Waals surface area contributed by atoms with Crippen molar-refractivity contribution < 1.29 is 17.9 Å². The van der Waals surface area contributed by atoms with Crippen molar-refractivity contribution >= 4 is 37.5 Å². The van der Waals surface area contributed by atoms with E-state index in [-0.39, 0.29) is 24.6 Å². The van der Waals surface area contributed by atoms with Gasteiger partial charge < -0.3 is 10.1 Å². The molecule has 8 heteroatoms. The molecule has 6 nitrogen and oxygen atoms in total. The lowest BCUT2D eigenvalue weighted by Crippen LogP contribution is -2.41. The van der Waals surface area contributed by atoms with E-state index in [9.17, 15) is 13.2 Å². The summed E-state index contributed by atoms with van der Waals surface area (Å²) in [5.41, 5.74) is 2.70. The van der Waals surface area contributed by atoms with Crippen LogP contribution in [0.4, 0.5) is 5.69 Å². The van der Waals surface area contributed by atoms with Crippen LogP contribution in [0, 0.1) is 13.8 Å². The van der Waals surface area contributed by atoms with E-state index < -0.39 is 15.9 Å². The number of halogens is 1. The Balaban J connectivity index is 1.68. The van der Waals surface area contributed by atoms with Crippen LogP contribution in [0.1, 0.15) is 11.1 Å². The first-order valence-corrected chi connectivity index (χ1v) is 12.3. The summed E-state index contributed by atoms with van der Waals surface area (Å²) in [4.78, 5) is 12.7. The van der Waals surface area contributed by atoms with Gasteiger partial charge in [-0.15, -0.1) is 0 Å². The lowest BCUT2D eigenvalue weighted by molar-refractivity contribution is -0.119. The number of benzene rings is 3. The molecule has 0 bridgehead atoms. The summed E-state index contributed by atoms with van der Waals surface area (Å²) >= 11 is 3.36. The zero-order chi connectivity index (χ0) is 23.1. The predicted octanol–water partition coefficient (Wildman–Crippen LogP) is 4.46. The van der Waals surface area contributed by atoms with Gasteiger partial charge in [-0.3, -0.25) is 9.10 Å². The Morgan fingerprint density at radius 2 is 1.72 bits per heavy atom. The SMILES string of the molecule is Cc1ccc(OCCNC(=O)CN(c2cccc(Br)c2)S(=O)(=O)c2ccccc2)cc1C. The number of nitrogens with one attached hydrogen (secondary N) is 1. The second kappa shape index (κ2) is 10.7. The Labute approximate surface area is 197 Å². The molecule has 32 heavy (non-hydrogen) atoms. The second-order valence-electron chi connectivity index (χ2n) is 7.25. The number of hydrogen-bond acceptors (Lipinski definition) is 4. The predicted molar refractivity (Wildman–Crippen MR) is 130 cm³/mol. The van der Waals surface area contributed by atoms with Crippen LogP contribution in [0.3, 0.4) is 0 Å². The van der Waals surface area contributed by atoms with Crippen molar-refractivity contribution in [3.8, 4) is 5.75 Å².